The van der Waals surface area contributed by atoms with Gasteiger partial charge in [0.05, 0.1) is 0 Å². The molecule has 100 valence electrons. The van der Waals surface area contributed by atoms with Crippen molar-refractivity contribution in [2.24, 2.45) is 11.3 Å². The van der Waals surface area contributed by atoms with Gasteiger partial charge in [-0.3, -0.25) is 4.79 Å². The minimum atomic E-state index is 0.185. The molecule has 1 saturated carbocycles. The van der Waals surface area contributed by atoms with Crippen LogP contribution in [0.2, 0.25) is 0 Å². The molecule has 0 heterocycles. The van der Waals surface area contributed by atoms with Crippen LogP contribution in [-0.2, 0) is 4.79 Å². The predicted molar refractivity (Wildman–Crippen MR) is 71.9 cm³/mol. The highest BCUT2D eigenvalue weighted by atomic mass is 16.1. The van der Waals surface area contributed by atoms with E-state index in [0.717, 1.165) is 32.5 Å². The normalized spacial score (nSPS) is 23.4. The van der Waals surface area contributed by atoms with Crippen molar-refractivity contribution in [3.8, 4) is 0 Å². The van der Waals surface area contributed by atoms with Gasteiger partial charge in [0.1, 0.15) is 0 Å². The van der Waals surface area contributed by atoms with E-state index < -0.39 is 0 Å². The molecule has 3 heteroatoms. The number of amides is 1. The smallest absolute Gasteiger partial charge is 0.223 e. The molecule has 0 saturated heterocycles. The molecule has 0 aromatic rings. The van der Waals surface area contributed by atoms with Gasteiger partial charge in [0.2, 0.25) is 5.91 Å². The second kappa shape index (κ2) is 7.00. The third kappa shape index (κ3) is 4.66. The second-order valence-corrected chi connectivity index (χ2v) is 5.79. The van der Waals surface area contributed by atoms with Gasteiger partial charge < -0.3 is 10.6 Å². The van der Waals surface area contributed by atoms with Crippen LogP contribution in [-0.4, -0.2) is 25.5 Å². The average Bonchev–Trinajstić information content (AvgIpc) is 2.28. The molecule has 1 amide bonds. The third-order valence-electron chi connectivity index (χ3n) is 3.90. The predicted octanol–water partition coefficient (Wildman–Crippen LogP) is 2.32. The van der Waals surface area contributed by atoms with E-state index >= 15 is 0 Å². The molecule has 0 aliphatic heterocycles. The van der Waals surface area contributed by atoms with Gasteiger partial charge in [0.15, 0.2) is 0 Å². The zero-order valence-corrected chi connectivity index (χ0v) is 11.6. The summed E-state index contributed by atoms with van der Waals surface area (Å²) in [7, 11) is 0. The Balaban J connectivity index is 2.26. The number of nitrogens with one attached hydrogen (secondary N) is 2. The van der Waals surface area contributed by atoms with Crippen molar-refractivity contribution in [2.45, 2.75) is 52.9 Å². The highest BCUT2D eigenvalue weighted by molar-refractivity contribution is 5.79. The zero-order valence-electron chi connectivity index (χ0n) is 11.6. The average molecular weight is 240 g/mol. The summed E-state index contributed by atoms with van der Waals surface area (Å²) < 4.78 is 0. The lowest BCUT2D eigenvalue weighted by Crippen LogP contribution is -2.41. The first-order valence-corrected chi connectivity index (χ1v) is 7.06. The highest BCUT2D eigenvalue weighted by Crippen LogP contribution is 2.40. The largest absolute Gasteiger partial charge is 0.356 e. The molecule has 1 unspecified atom stereocenters. The Morgan fingerprint density at radius 3 is 2.71 bits per heavy atom. The van der Waals surface area contributed by atoms with Crippen molar-refractivity contribution in [1.82, 2.24) is 10.6 Å². The van der Waals surface area contributed by atoms with Gasteiger partial charge in [0, 0.05) is 12.5 Å². The Hall–Kier alpha value is -0.570. The van der Waals surface area contributed by atoms with Crippen LogP contribution in [0.1, 0.15) is 52.9 Å². The standard InChI is InChI=1S/C14H28N2O/c1-4-15-10-7-11-16-13(17)12-8-5-6-9-14(12,2)3/h12,15H,4-11H2,1-3H3,(H,16,17). The van der Waals surface area contributed by atoms with Crippen LogP contribution in [0, 0.1) is 11.3 Å². The Morgan fingerprint density at radius 1 is 1.29 bits per heavy atom. The molecule has 0 spiro atoms. The Labute approximate surface area is 106 Å². The fourth-order valence-corrected chi connectivity index (χ4v) is 2.70. The van der Waals surface area contributed by atoms with Crippen LogP contribution >= 0.6 is 0 Å². The molecule has 1 fully saturated rings. The van der Waals surface area contributed by atoms with Crippen molar-refractivity contribution in [1.29, 1.82) is 0 Å². The SMILES string of the molecule is CCNCCCNC(=O)C1CCCCC1(C)C. The van der Waals surface area contributed by atoms with Crippen LogP contribution in [0.4, 0.5) is 0 Å². The molecule has 2 N–H and O–H groups in total. The van der Waals surface area contributed by atoms with E-state index in [2.05, 4.69) is 31.4 Å². The molecule has 0 bridgehead atoms. The monoisotopic (exact) mass is 240 g/mol. The molecule has 3 nitrogen and oxygen atoms in total. The third-order valence-corrected chi connectivity index (χ3v) is 3.90. The maximum absolute atomic E-state index is 12.1. The maximum atomic E-state index is 12.1. The number of hydrogen-bond donors (Lipinski definition) is 2. The summed E-state index contributed by atoms with van der Waals surface area (Å²) in [6.45, 7) is 9.36. The lowest BCUT2D eigenvalue weighted by molar-refractivity contribution is -0.130. The molecule has 1 rings (SSSR count). The van der Waals surface area contributed by atoms with E-state index in [1.54, 1.807) is 0 Å². The quantitative estimate of drug-likeness (QED) is 0.700. The van der Waals surface area contributed by atoms with E-state index in [9.17, 15) is 4.79 Å². The van der Waals surface area contributed by atoms with Crippen LogP contribution in [0.25, 0.3) is 0 Å². The molecular weight excluding hydrogens is 212 g/mol. The van der Waals surface area contributed by atoms with Crippen molar-refractivity contribution in [3.63, 3.8) is 0 Å². The Morgan fingerprint density at radius 2 is 2.06 bits per heavy atom. The lowest BCUT2D eigenvalue weighted by atomic mass is 9.68. The van der Waals surface area contributed by atoms with Crippen molar-refractivity contribution in [3.05, 3.63) is 0 Å². The van der Waals surface area contributed by atoms with Crippen LogP contribution in [0.15, 0.2) is 0 Å². The van der Waals surface area contributed by atoms with E-state index in [-0.39, 0.29) is 17.2 Å². The van der Waals surface area contributed by atoms with Gasteiger partial charge in [-0.15, -0.1) is 0 Å². The Bertz CT molecular complexity index is 238. The Kier molecular flexibility index (Phi) is 5.96. The highest BCUT2D eigenvalue weighted by Gasteiger charge is 2.36. The van der Waals surface area contributed by atoms with Gasteiger partial charge in [-0.2, -0.15) is 0 Å². The summed E-state index contributed by atoms with van der Waals surface area (Å²) in [6.07, 6.45) is 5.75. The van der Waals surface area contributed by atoms with Gasteiger partial charge in [-0.05, 0) is 37.8 Å². The molecule has 1 atom stereocenters. The zero-order chi connectivity index (χ0) is 12.7. The number of hydrogen-bond acceptors (Lipinski definition) is 2. The summed E-state index contributed by atoms with van der Waals surface area (Å²) in [4.78, 5) is 12.1. The van der Waals surface area contributed by atoms with E-state index in [1.165, 1.54) is 19.3 Å². The van der Waals surface area contributed by atoms with Crippen LogP contribution < -0.4 is 10.6 Å². The summed E-state index contributed by atoms with van der Waals surface area (Å²) in [6, 6.07) is 0. The summed E-state index contributed by atoms with van der Waals surface area (Å²) in [5.74, 6) is 0.488. The van der Waals surface area contributed by atoms with Crippen LogP contribution in [0.5, 0.6) is 0 Å². The molecule has 0 aromatic carbocycles. The topological polar surface area (TPSA) is 41.1 Å². The molecular formula is C14H28N2O. The summed E-state index contributed by atoms with van der Waals surface area (Å²) >= 11 is 0. The molecule has 0 aromatic heterocycles. The maximum Gasteiger partial charge on any atom is 0.223 e. The second-order valence-electron chi connectivity index (χ2n) is 5.79. The summed E-state index contributed by atoms with van der Waals surface area (Å²) in [5.41, 5.74) is 0.185. The fourth-order valence-electron chi connectivity index (χ4n) is 2.70. The fraction of sp³-hybridized carbons (Fsp3) is 0.929. The molecule has 1 aliphatic rings. The molecule has 0 radical (unpaired) electrons. The lowest BCUT2D eigenvalue weighted by Gasteiger charge is -2.37. The first-order valence-electron chi connectivity index (χ1n) is 7.06. The number of rotatable bonds is 6. The molecule has 17 heavy (non-hydrogen) atoms. The van der Waals surface area contributed by atoms with E-state index in [1.807, 2.05) is 0 Å². The molecule has 1 aliphatic carbocycles. The minimum absolute atomic E-state index is 0.185. The van der Waals surface area contributed by atoms with Gasteiger partial charge >= 0.3 is 0 Å². The van der Waals surface area contributed by atoms with Gasteiger partial charge in [-0.25, -0.2) is 0 Å². The van der Waals surface area contributed by atoms with Crippen molar-refractivity contribution in [2.75, 3.05) is 19.6 Å². The first kappa shape index (κ1) is 14.5. The number of carbonyl (C=O) groups excluding carboxylic acids is 1. The van der Waals surface area contributed by atoms with Crippen molar-refractivity contribution < 1.29 is 4.79 Å². The first-order chi connectivity index (χ1) is 8.08. The van der Waals surface area contributed by atoms with Gasteiger partial charge in [-0.1, -0.05) is 33.6 Å². The minimum Gasteiger partial charge on any atom is -0.356 e. The number of carbonyl (C=O) groups is 1. The van der Waals surface area contributed by atoms with Gasteiger partial charge in [0.25, 0.3) is 0 Å². The van der Waals surface area contributed by atoms with E-state index in [4.69, 9.17) is 0 Å². The van der Waals surface area contributed by atoms with Crippen molar-refractivity contribution >= 4 is 5.91 Å². The van der Waals surface area contributed by atoms with E-state index in [0.29, 0.717) is 0 Å². The summed E-state index contributed by atoms with van der Waals surface area (Å²) in [5, 5.41) is 6.35. The van der Waals surface area contributed by atoms with Crippen LogP contribution in [0.3, 0.4) is 0 Å².